The third-order valence-electron chi connectivity index (χ3n) is 5.06. The molecular weight excluding hydrogens is 320 g/mol. The van der Waals surface area contributed by atoms with Crippen LogP contribution < -0.4 is 4.90 Å². The first-order chi connectivity index (χ1) is 12.2. The van der Waals surface area contributed by atoms with Gasteiger partial charge in [0.2, 0.25) is 17.4 Å². The molecule has 1 saturated carbocycles. The van der Waals surface area contributed by atoms with Crippen molar-refractivity contribution >= 4 is 11.5 Å². The van der Waals surface area contributed by atoms with Crippen molar-refractivity contribution in [2.75, 3.05) is 25.0 Å². The van der Waals surface area contributed by atoms with Crippen molar-refractivity contribution in [3.63, 3.8) is 0 Å². The van der Waals surface area contributed by atoms with Crippen molar-refractivity contribution in [3.8, 4) is 0 Å². The monoisotopic (exact) mass is 340 g/mol. The van der Waals surface area contributed by atoms with Crippen LogP contribution in [0.3, 0.4) is 0 Å². The summed E-state index contributed by atoms with van der Waals surface area (Å²) in [7, 11) is 2.10. The first-order valence-electron chi connectivity index (χ1n) is 8.63. The second-order valence-corrected chi connectivity index (χ2v) is 6.97. The van der Waals surface area contributed by atoms with Crippen LogP contribution >= 0.6 is 0 Å². The first kappa shape index (κ1) is 14.8. The highest BCUT2D eigenvalue weighted by molar-refractivity contribution is 5.65. The number of anilines is 1. The molecule has 2 aliphatic rings. The third-order valence-corrected chi connectivity index (χ3v) is 5.06. The average molecular weight is 340 g/mol. The van der Waals surface area contributed by atoms with Crippen LogP contribution in [-0.2, 0) is 6.54 Å². The molecule has 1 aliphatic heterocycles. The molecule has 3 aromatic rings. The number of hydrogen-bond donors (Lipinski definition) is 0. The molecule has 0 spiro atoms. The lowest BCUT2D eigenvalue weighted by Crippen LogP contribution is -2.58. The maximum absolute atomic E-state index is 5.76. The summed E-state index contributed by atoms with van der Waals surface area (Å²) < 4.78 is 7.73. The second-order valence-electron chi connectivity index (χ2n) is 6.97. The number of aromatic nitrogens is 6. The molecule has 0 bridgehead atoms. The molecule has 3 aromatic heterocycles. The van der Waals surface area contributed by atoms with Gasteiger partial charge in [-0.25, -0.2) is 4.98 Å². The summed E-state index contributed by atoms with van der Waals surface area (Å²) in [5.74, 6) is 3.77. The van der Waals surface area contributed by atoms with Crippen molar-refractivity contribution in [2.45, 2.75) is 38.3 Å². The van der Waals surface area contributed by atoms with Crippen molar-refractivity contribution in [2.24, 2.45) is 0 Å². The fourth-order valence-corrected chi connectivity index (χ4v) is 3.23. The van der Waals surface area contributed by atoms with Crippen LogP contribution in [-0.4, -0.2) is 60.9 Å². The van der Waals surface area contributed by atoms with Gasteiger partial charge in [-0.05, 0) is 26.8 Å². The van der Waals surface area contributed by atoms with Gasteiger partial charge in [0.25, 0.3) is 0 Å². The summed E-state index contributed by atoms with van der Waals surface area (Å²) in [6, 6.07) is 0.433. The Labute approximate surface area is 144 Å². The zero-order valence-electron chi connectivity index (χ0n) is 14.3. The average Bonchev–Trinajstić information content (AvgIpc) is 3.20. The van der Waals surface area contributed by atoms with E-state index in [1.54, 1.807) is 6.20 Å². The Morgan fingerprint density at radius 2 is 2.04 bits per heavy atom. The summed E-state index contributed by atoms with van der Waals surface area (Å²) in [6.07, 6.45) is 6.05. The Kier molecular flexibility index (Phi) is 3.24. The lowest BCUT2D eigenvalue weighted by Gasteiger charge is -2.44. The topological polar surface area (TPSA) is 88.5 Å². The summed E-state index contributed by atoms with van der Waals surface area (Å²) >= 11 is 0. The molecule has 0 radical (unpaired) electrons. The van der Waals surface area contributed by atoms with Gasteiger partial charge in [0, 0.05) is 37.4 Å². The third kappa shape index (κ3) is 2.55. The molecule has 0 N–H and O–H groups in total. The maximum atomic E-state index is 5.76. The van der Waals surface area contributed by atoms with Gasteiger partial charge < -0.3 is 9.32 Å². The summed E-state index contributed by atoms with van der Waals surface area (Å²) in [6.45, 7) is 4.42. The highest BCUT2D eigenvalue weighted by Crippen LogP contribution is 2.39. The summed E-state index contributed by atoms with van der Waals surface area (Å²) in [4.78, 5) is 8.98. The highest BCUT2D eigenvalue weighted by atomic mass is 16.4. The van der Waals surface area contributed by atoms with E-state index < -0.39 is 0 Å². The van der Waals surface area contributed by atoms with Crippen LogP contribution in [0.5, 0.6) is 0 Å². The van der Waals surface area contributed by atoms with E-state index in [2.05, 4.69) is 42.2 Å². The van der Waals surface area contributed by atoms with Crippen LogP contribution in [0.1, 0.15) is 36.4 Å². The number of fused-ring (bicyclic) bond motifs is 1. The molecule has 0 aromatic carbocycles. The SMILES string of the molecule is Cc1nnc2c(N3CC(N(C)Cc4nnc(C5CC5)o4)C3)nccn12. The number of aryl methyl sites for hydroxylation is 1. The molecule has 4 heterocycles. The smallest absolute Gasteiger partial charge is 0.230 e. The van der Waals surface area contributed by atoms with E-state index in [4.69, 9.17) is 4.42 Å². The van der Waals surface area contributed by atoms with Crippen molar-refractivity contribution < 1.29 is 4.42 Å². The number of nitrogens with zero attached hydrogens (tertiary/aromatic N) is 8. The van der Waals surface area contributed by atoms with Gasteiger partial charge in [-0.3, -0.25) is 9.30 Å². The van der Waals surface area contributed by atoms with Crippen molar-refractivity contribution in [3.05, 3.63) is 30.0 Å². The number of hydrogen-bond acceptors (Lipinski definition) is 8. The van der Waals surface area contributed by atoms with Crippen LogP contribution in [0.2, 0.25) is 0 Å². The predicted octanol–water partition coefficient (Wildman–Crippen LogP) is 1.01. The van der Waals surface area contributed by atoms with Crippen LogP contribution in [0, 0.1) is 6.92 Å². The predicted molar refractivity (Wildman–Crippen MR) is 89.3 cm³/mol. The zero-order valence-corrected chi connectivity index (χ0v) is 14.3. The van der Waals surface area contributed by atoms with E-state index in [9.17, 15) is 0 Å². The molecule has 1 aliphatic carbocycles. The quantitative estimate of drug-likeness (QED) is 0.680. The van der Waals surface area contributed by atoms with Crippen molar-refractivity contribution in [1.29, 1.82) is 0 Å². The fraction of sp³-hybridized carbons (Fsp3) is 0.562. The normalized spacial score (nSPS) is 18.3. The van der Waals surface area contributed by atoms with E-state index in [0.29, 0.717) is 24.4 Å². The van der Waals surface area contributed by atoms with E-state index >= 15 is 0 Å². The molecule has 9 nitrogen and oxygen atoms in total. The van der Waals surface area contributed by atoms with Gasteiger partial charge in [0.1, 0.15) is 5.82 Å². The van der Waals surface area contributed by atoms with Gasteiger partial charge in [0.15, 0.2) is 5.82 Å². The van der Waals surface area contributed by atoms with Crippen LogP contribution in [0.4, 0.5) is 5.82 Å². The lowest BCUT2D eigenvalue weighted by atomic mass is 10.1. The molecule has 0 unspecified atom stereocenters. The minimum atomic E-state index is 0.433. The summed E-state index contributed by atoms with van der Waals surface area (Å²) in [5, 5.41) is 16.7. The molecule has 25 heavy (non-hydrogen) atoms. The maximum Gasteiger partial charge on any atom is 0.230 e. The molecule has 2 fully saturated rings. The number of likely N-dealkylation sites (N-methyl/N-ethyl adjacent to an activating group) is 1. The van der Waals surface area contributed by atoms with Crippen LogP contribution in [0.25, 0.3) is 5.65 Å². The van der Waals surface area contributed by atoms with Gasteiger partial charge in [-0.2, -0.15) is 0 Å². The van der Waals surface area contributed by atoms with Crippen molar-refractivity contribution in [1.82, 2.24) is 34.7 Å². The lowest BCUT2D eigenvalue weighted by molar-refractivity contribution is 0.179. The molecule has 5 rings (SSSR count). The first-order valence-corrected chi connectivity index (χ1v) is 8.63. The Hall–Kier alpha value is -2.55. The molecule has 9 heteroatoms. The largest absolute Gasteiger partial charge is 0.424 e. The molecular formula is C16H20N8O. The minimum absolute atomic E-state index is 0.433. The Bertz CT molecular complexity index is 908. The Morgan fingerprint density at radius 3 is 2.84 bits per heavy atom. The van der Waals surface area contributed by atoms with E-state index in [1.165, 1.54) is 12.8 Å². The van der Waals surface area contributed by atoms with E-state index in [1.807, 2.05) is 17.5 Å². The zero-order chi connectivity index (χ0) is 17.0. The van der Waals surface area contributed by atoms with Gasteiger partial charge in [-0.1, -0.05) is 0 Å². The molecule has 1 saturated heterocycles. The second kappa shape index (κ2) is 5.48. The highest BCUT2D eigenvalue weighted by Gasteiger charge is 2.34. The minimum Gasteiger partial charge on any atom is -0.424 e. The van der Waals surface area contributed by atoms with Crippen LogP contribution in [0.15, 0.2) is 16.8 Å². The standard InChI is InChI=1S/C16H20N8O/c1-10-18-20-15-14(17-5-6-24(10)15)23-7-12(8-23)22(2)9-13-19-21-16(25-13)11-3-4-11/h5-6,11-12H,3-4,7-9H2,1-2H3. The Morgan fingerprint density at radius 1 is 1.20 bits per heavy atom. The molecule has 0 amide bonds. The fourth-order valence-electron chi connectivity index (χ4n) is 3.23. The molecule has 130 valence electrons. The van der Waals surface area contributed by atoms with Gasteiger partial charge >= 0.3 is 0 Å². The summed E-state index contributed by atoms with van der Waals surface area (Å²) in [5.41, 5.74) is 0.812. The Balaban J connectivity index is 1.24. The van der Waals surface area contributed by atoms with E-state index in [0.717, 1.165) is 36.3 Å². The number of rotatable bonds is 5. The van der Waals surface area contributed by atoms with Gasteiger partial charge in [0.05, 0.1) is 6.54 Å². The van der Waals surface area contributed by atoms with Gasteiger partial charge in [-0.15, -0.1) is 20.4 Å². The molecule has 0 atom stereocenters. The van der Waals surface area contributed by atoms with E-state index in [-0.39, 0.29) is 0 Å².